The average Bonchev–Trinajstić information content (AvgIpc) is 2.91. The molecule has 2 aromatic rings. The van der Waals surface area contributed by atoms with Crippen LogP contribution < -0.4 is 14.8 Å². The van der Waals surface area contributed by atoms with Gasteiger partial charge in [0.05, 0.1) is 13.4 Å². The number of benzene rings is 1. The molecule has 0 unspecified atom stereocenters. The van der Waals surface area contributed by atoms with Gasteiger partial charge in [0.2, 0.25) is 0 Å². The van der Waals surface area contributed by atoms with Gasteiger partial charge in [-0.15, -0.1) is 0 Å². The number of ether oxygens (including phenoxy) is 2. The summed E-state index contributed by atoms with van der Waals surface area (Å²) in [5, 5.41) is 3.25. The molecular weight excluding hydrogens is 242 g/mol. The first kappa shape index (κ1) is 13.5. The van der Waals surface area contributed by atoms with Crippen LogP contribution in [0.2, 0.25) is 0 Å². The molecule has 0 saturated carbocycles. The van der Waals surface area contributed by atoms with Gasteiger partial charge in [0.25, 0.3) is 0 Å². The van der Waals surface area contributed by atoms with E-state index in [1.807, 2.05) is 30.3 Å². The molecule has 0 saturated heterocycles. The molecule has 4 heteroatoms. The van der Waals surface area contributed by atoms with E-state index in [0.29, 0.717) is 6.61 Å². The van der Waals surface area contributed by atoms with Crippen LogP contribution in [0, 0.1) is 0 Å². The number of rotatable bonds is 7. The van der Waals surface area contributed by atoms with Crippen LogP contribution in [0.15, 0.2) is 41.0 Å². The van der Waals surface area contributed by atoms with Crippen LogP contribution in [0.1, 0.15) is 18.2 Å². The molecule has 0 aliphatic rings. The zero-order valence-electron chi connectivity index (χ0n) is 11.3. The minimum Gasteiger partial charge on any atom is -0.497 e. The summed E-state index contributed by atoms with van der Waals surface area (Å²) in [5.41, 5.74) is 1.13. The molecular formula is C15H19NO3. The molecule has 0 fully saturated rings. The Bertz CT molecular complexity index is 490. The summed E-state index contributed by atoms with van der Waals surface area (Å²) in [6.07, 6.45) is 1.76. The lowest BCUT2D eigenvalue weighted by Crippen LogP contribution is -2.10. The van der Waals surface area contributed by atoms with E-state index < -0.39 is 0 Å². The first-order chi connectivity index (χ1) is 9.31. The summed E-state index contributed by atoms with van der Waals surface area (Å²) in [7, 11) is 1.64. The van der Waals surface area contributed by atoms with E-state index in [0.717, 1.165) is 35.9 Å². The van der Waals surface area contributed by atoms with E-state index >= 15 is 0 Å². The lowest BCUT2D eigenvalue weighted by molar-refractivity contribution is 0.270. The molecule has 0 bridgehead atoms. The standard InChI is InChI=1S/C15H19NO3/c1-3-16-9-12-8-15(18-10-12)11-19-14-6-4-13(17-2)5-7-14/h4-8,10,16H,3,9,11H2,1-2H3. The van der Waals surface area contributed by atoms with Crippen LogP contribution in [0.3, 0.4) is 0 Å². The summed E-state index contributed by atoms with van der Waals surface area (Å²) in [4.78, 5) is 0. The van der Waals surface area contributed by atoms with Gasteiger partial charge < -0.3 is 19.2 Å². The van der Waals surface area contributed by atoms with Gasteiger partial charge in [-0.2, -0.15) is 0 Å². The highest BCUT2D eigenvalue weighted by Crippen LogP contribution is 2.18. The number of methoxy groups -OCH3 is 1. The fraction of sp³-hybridized carbons (Fsp3) is 0.333. The molecule has 1 aromatic carbocycles. The number of furan rings is 1. The van der Waals surface area contributed by atoms with Crippen LogP contribution >= 0.6 is 0 Å². The van der Waals surface area contributed by atoms with Crippen molar-refractivity contribution in [2.75, 3.05) is 13.7 Å². The second-order valence-electron chi connectivity index (χ2n) is 4.17. The summed E-state index contributed by atoms with van der Waals surface area (Å²) in [6, 6.07) is 9.50. The molecule has 2 rings (SSSR count). The van der Waals surface area contributed by atoms with E-state index in [4.69, 9.17) is 13.9 Å². The van der Waals surface area contributed by atoms with E-state index in [9.17, 15) is 0 Å². The van der Waals surface area contributed by atoms with Gasteiger partial charge in [-0.25, -0.2) is 0 Å². The van der Waals surface area contributed by atoms with Crippen molar-refractivity contribution >= 4 is 0 Å². The van der Waals surface area contributed by atoms with Gasteiger partial charge in [0.15, 0.2) is 0 Å². The molecule has 19 heavy (non-hydrogen) atoms. The quantitative estimate of drug-likeness (QED) is 0.832. The van der Waals surface area contributed by atoms with Crippen molar-refractivity contribution in [2.45, 2.75) is 20.1 Å². The lowest BCUT2D eigenvalue weighted by Gasteiger charge is -2.05. The Kier molecular flexibility index (Phi) is 4.86. The van der Waals surface area contributed by atoms with Crippen LogP contribution in [0.25, 0.3) is 0 Å². The zero-order chi connectivity index (χ0) is 13.5. The van der Waals surface area contributed by atoms with Gasteiger partial charge in [-0.1, -0.05) is 6.92 Å². The minimum absolute atomic E-state index is 0.429. The second kappa shape index (κ2) is 6.85. The predicted molar refractivity (Wildman–Crippen MR) is 73.4 cm³/mol. The SMILES string of the molecule is CCNCc1coc(COc2ccc(OC)cc2)c1. The maximum absolute atomic E-state index is 5.64. The fourth-order valence-electron chi connectivity index (χ4n) is 1.69. The van der Waals surface area contributed by atoms with Crippen molar-refractivity contribution in [2.24, 2.45) is 0 Å². The average molecular weight is 261 g/mol. The molecule has 1 N–H and O–H groups in total. The van der Waals surface area contributed by atoms with Crippen molar-refractivity contribution in [3.8, 4) is 11.5 Å². The van der Waals surface area contributed by atoms with E-state index in [1.54, 1.807) is 13.4 Å². The topological polar surface area (TPSA) is 43.6 Å². The number of hydrogen-bond donors (Lipinski definition) is 1. The number of hydrogen-bond acceptors (Lipinski definition) is 4. The maximum Gasteiger partial charge on any atom is 0.146 e. The molecule has 0 amide bonds. The summed E-state index contributed by atoms with van der Waals surface area (Å²) < 4.78 is 16.2. The first-order valence-corrected chi connectivity index (χ1v) is 6.35. The summed E-state index contributed by atoms with van der Waals surface area (Å²) >= 11 is 0. The second-order valence-corrected chi connectivity index (χ2v) is 4.17. The third-order valence-corrected chi connectivity index (χ3v) is 2.73. The normalized spacial score (nSPS) is 10.4. The Labute approximate surface area is 113 Å². The molecule has 0 atom stereocenters. The Hall–Kier alpha value is -1.94. The molecule has 4 nitrogen and oxygen atoms in total. The molecule has 0 radical (unpaired) electrons. The first-order valence-electron chi connectivity index (χ1n) is 6.35. The van der Waals surface area contributed by atoms with E-state index in [1.165, 1.54) is 0 Å². The Morgan fingerprint density at radius 3 is 2.58 bits per heavy atom. The maximum atomic E-state index is 5.64. The van der Waals surface area contributed by atoms with Crippen LogP contribution in [0.4, 0.5) is 0 Å². The fourth-order valence-corrected chi connectivity index (χ4v) is 1.69. The van der Waals surface area contributed by atoms with Crippen molar-refractivity contribution in [3.05, 3.63) is 47.9 Å². The van der Waals surface area contributed by atoms with Crippen molar-refractivity contribution in [1.82, 2.24) is 5.32 Å². The molecule has 0 spiro atoms. The largest absolute Gasteiger partial charge is 0.497 e. The molecule has 1 aromatic heterocycles. The number of nitrogens with one attached hydrogen (secondary N) is 1. The van der Waals surface area contributed by atoms with Crippen molar-refractivity contribution < 1.29 is 13.9 Å². The van der Waals surface area contributed by atoms with Crippen molar-refractivity contribution in [3.63, 3.8) is 0 Å². The van der Waals surface area contributed by atoms with Crippen LogP contribution in [0.5, 0.6) is 11.5 Å². The highest BCUT2D eigenvalue weighted by atomic mass is 16.5. The highest BCUT2D eigenvalue weighted by Gasteiger charge is 2.03. The highest BCUT2D eigenvalue weighted by molar-refractivity contribution is 5.31. The van der Waals surface area contributed by atoms with Crippen LogP contribution in [-0.4, -0.2) is 13.7 Å². The van der Waals surface area contributed by atoms with E-state index in [-0.39, 0.29) is 0 Å². The molecule has 1 heterocycles. The van der Waals surface area contributed by atoms with Gasteiger partial charge in [-0.05, 0) is 36.9 Å². The monoisotopic (exact) mass is 261 g/mol. The van der Waals surface area contributed by atoms with Crippen LogP contribution in [-0.2, 0) is 13.2 Å². The summed E-state index contributed by atoms with van der Waals surface area (Å²) in [6.45, 7) is 4.28. The predicted octanol–water partition coefficient (Wildman–Crippen LogP) is 2.98. The van der Waals surface area contributed by atoms with Gasteiger partial charge in [0, 0.05) is 12.1 Å². The molecule has 0 aliphatic carbocycles. The Balaban J connectivity index is 1.85. The van der Waals surface area contributed by atoms with Gasteiger partial charge in [-0.3, -0.25) is 0 Å². The Morgan fingerprint density at radius 1 is 1.16 bits per heavy atom. The molecule has 0 aliphatic heterocycles. The summed E-state index contributed by atoms with van der Waals surface area (Å²) in [5.74, 6) is 2.44. The molecule has 102 valence electrons. The van der Waals surface area contributed by atoms with Gasteiger partial charge >= 0.3 is 0 Å². The third-order valence-electron chi connectivity index (χ3n) is 2.73. The lowest BCUT2D eigenvalue weighted by atomic mass is 10.3. The van der Waals surface area contributed by atoms with Gasteiger partial charge in [0.1, 0.15) is 23.9 Å². The van der Waals surface area contributed by atoms with Crippen molar-refractivity contribution in [1.29, 1.82) is 0 Å². The minimum atomic E-state index is 0.429. The zero-order valence-corrected chi connectivity index (χ0v) is 11.3. The Morgan fingerprint density at radius 2 is 1.89 bits per heavy atom. The van der Waals surface area contributed by atoms with E-state index in [2.05, 4.69) is 12.2 Å². The third kappa shape index (κ3) is 4.03. The smallest absolute Gasteiger partial charge is 0.146 e.